The second-order valence-corrected chi connectivity index (χ2v) is 6.30. The molecule has 0 radical (unpaired) electrons. The van der Waals surface area contributed by atoms with Crippen molar-refractivity contribution in [1.29, 1.82) is 0 Å². The van der Waals surface area contributed by atoms with Gasteiger partial charge in [-0.25, -0.2) is 14.4 Å². The molecule has 1 atom stereocenters. The fourth-order valence-corrected chi connectivity index (χ4v) is 3.40. The zero-order valence-electron chi connectivity index (χ0n) is 13.9. The quantitative estimate of drug-likeness (QED) is 0.756. The van der Waals surface area contributed by atoms with Crippen molar-refractivity contribution in [3.63, 3.8) is 0 Å². The third kappa shape index (κ3) is 2.71. The van der Waals surface area contributed by atoms with Gasteiger partial charge >= 0.3 is 0 Å². The minimum Gasteiger partial charge on any atom is -0.507 e. The molecule has 1 saturated heterocycles. The van der Waals surface area contributed by atoms with Gasteiger partial charge in [0.2, 0.25) is 5.91 Å². The van der Waals surface area contributed by atoms with Gasteiger partial charge in [0.05, 0.1) is 11.1 Å². The first kappa shape index (κ1) is 16.3. The minimum absolute atomic E-state index is 0.0489. The van der Waals surface area contributed by atoms with Crippen LogP contribution in [0.15, 0.2) is 42.5 Å². The summed E-state index contributed by atoms with van der Waals surface area (Å²) in [4.78, 5) is 22.7. The largest absolute Gasteiger partial charge is 0.507 e. The first-order valence-electron chi connectivity index (χ1n) is 8.36. The van der Waals surface area contributed by atoms with Crippen molar-refractivity contribution in [2.75, 3.05) is 11.4 Å². The van der Waals surface area contributed by atoms with Crippen LogP contribution in [0.25, 0.3) is 22.3 Å². The lowest BCUT2D eigenvalue weighted by Crippen LogP contribution is -2.40. The fraction of sp³-hybridized carbons (Fsp3) is 0.211. The molecule has 1 amide bonds. The van der Waals surface area contributed by atoms with Crippen LogP contribution in [0.4, 0.5) is 10.2 Å². The van der Waals surface area contributed by atoms with E-state index in [2.05, 4.69) is 9.97 Å². The van der Waals surface area contributed by atoms with E-state index in [0.717, 1.165) is 6.42 Å². The van der Waals surface area contributed by atoms with Gasteiger partial charge in [-0.05, 0) is 43.2 Å². The Hall–Kier alpha value is -3.22. The number of carbonyl (C=O) groups excluding carboxylic acids is 1. The predicted octanol–water partition coefficient (Wildman–Crippen LogP) is 2.60. The summed E-state index contributed by atoms with van der Waals surface area (Å²) in [5, 5.41) is 10.7. The van der Waals surface area contributed by atoms with E-state index in [1.54, 1.807) is 35.2 Å². The summed E-state index contributed by atoms with van der Waals surface area (Å²) < 4.78 is 13.8. The van der Waals surface area contributed by atoms with Gasteiger partial charge in [0, 0.05) is 11.9 Å². The average molecular weight is 352 g/mol. The third-order valence-electron chi connectivity index (χ3n) is 4.64. The van der Waals surface area contributed by atoms with Crippen LogP contribution in [-0.4, -0.2) is 33.6 Å². The Labute approximate surface area is 149 Å². The summed E-state index contributed by atoms with van der Waals surface area (Å²) in [6.45, 7) is 0.594. The number of phenolic OH excluding ortho intramolecular Hbond substituents is 1. The highest BCUT2D eigenvalue weighted by atomic mass is 19.1. The molecule has 26 heavy (non-hydrogen) atoms. The fourth-order valence-electron chi connectivity index (χ4n) is 3.40. The van der Waals surface area contributed by atoms with Gasteiger partial charge in [-0.1, -0.05) is 12.1 Å². The number of para-hydroxylation sites is 1. The van der Waals surface area contributed by atoms with E-state index in [0.29, 0.717) is 41.1 Å². The number of amides is 1. The van der Waals surface area contributed by atoms with Crippen LogP contribution in [0.2, 0.25) is 0 Å². The number of rotatable bonds is 3. The zero-order chi connectivity index (χ0) is 18.3. The Morgan fingerprint density at radius 3 is 2.81 bits per heavy atom. The van der Waals surface area contributed by atoms with Crippen molar-refractivity contribution in [2.24, 2.45) is 5.73 Å². The van der Waals surface area contributed by atoms with Crippen molar-refractivity contribution < 1.29 is 14.3 Å². The summed E-state index contributed by atoms with van der Waals surface area (Å²) in [5.41, 5.74) is 6.53. The van der Waals surface area contributed by atoms with Crippen molar-refractivity contribution in [2.45, 2.75) is 18.9 Å². The van der Waals surface area contributed by atoms with Crippen LogP contribution in [0.3, 0.4) is 0 Å². The average Bonchev–Trinajstić information content (AvgIpc) is 3.11. The Kier molecular flexibility index (Phi) is 3.91. The van der Waals surface area contributed by atoms with E-state index < -0.39 is 17.8 Å². The van der Waals surface area contributed by atoms with Crippen LogP contribution in [0, 0.1) is 5.82 Å². The molecule has 132 valence electrons. The van der Waals surface area contributed by atoms with Crippen molar-refractivity contribution in [1.82, 2.24) is 9.97 Å². The van der Waals surface area contributed by atoms with E-state index in [1.165, 1.54) is 12.1 Å². The Balaban J connectivity index is 1.96. The molecule has 0 spiro atoms. The van der Waals surface area contributed by atoms with Gasteiger partial charge in [0.1, 0.15) is 23.4 Å². The smallest absolute Gasteiger partial charge is 0.240 e. The summed E-state index contributed by atoms with van der Waals surface area (Å²) in [7, 11) is 0. The standard InChI is InChI=1S/C19H17FN4O2/c20-11-7-8-14-13(10-11)19(24-9-3-5-15(24)17(21)26)23-18(22-14)12-4-1-2-6-16(12)25/h1-2,4,6-8,10,15,25H,3,5,9H2,(H2,21,26)/t15-/m0/s1. The Morgan fingerprint density at radius 1 is 1.23 bits per heavy atom. The Bertz CT molecular complexity index is 1010. The molecule has 7 heteroatoms. The molecular weight excluding hydrogens is 335 g/mol. The van der Waals surface area contributed by atoms with Gasteiger partial charge in [0.15, 0.2) is 5.82 Å². The summed E-state index contributed by atoms with van der Waals surface area (Å²) in [6, 6.07) is 10.5. The molecule has 0 bridgehead atoms. The number of nitrogens with zero attached hydrogens (tertiary/aromatic N) is 3. The molecule has 0 aliphatic carbocycles. The highest BCUT2D eigenvalue weighted by Gasteiger charge is 2.31. The van der Waals surface area contributed by atoms with E-state index in [1.807, 2.05) is 0 Å². The van der Waals surface area contributed by atoms with E-state index in [9.17, 15) is 14.3 Å². The lowest BCUT2D eigenvalue weighted by atomic mass is 10.1. The number of benzene rings is 2. The molecular formula is C19H17FN4O2. The molecule has 3 aromatic rings. The van der Waals surface area contributed by atoms with Crippen molar-refractivity contribution in [3.05, 3.63) is 48.3 Å². The second-order valence-electron chi connectivity index (χ2n) is 6.30. The molecule has 2 heterocycles. The van der Waals surface area contributed by atoms with E-state index >= 15 is 0 Å². The molecule has 1 aromatic heterocycles. The number of primary amides is 1. The summed E-state index contributed by atoms with van der Waals surface area (Å²) in [6.07, 6.45) is 1.42. The normalized spacial score (nSPS) is 17.0. The molecule has 0 saturated carbocycles. The predicted molar refractivity (Wildman–Crippen MR) is 96.2 cm³/mol. The van der Waals surface area contributed by atoms with Gasteiger partial charge in [-0.15, -0.1) is 0 Å². The molecule has 4 rings (SSSR count). The number of nitrogens with two attached hydrogens (primary N) is 1. The minimum atomic E-state index is -0.492. The topological polar surface area (TPSA) is 92.3 Å². The van der Waals surface area contributed by atoms with Gasteiger partial charge in [-0.2, -0.15) is 0 Å². The maximum atomic E-state index is 13.8. The van der Waals surface area contributed by atoms with Gasteiger partial charge < -0.3 is 15.7 Å². The molecule has 3 N–H and O–H groups in total. The van der Waals surface area contributed by atoms with E-state index in [-0.39, 0.29) is 5.75 Å². The highest BCUT2D eigenvalue weighted by molar-refractivity contribution is 5.94. The molecule has 6 nitrogen and oxygen atoms in total. The first-order valence-corrected chi connectivity index (χ1v) is 8.36. The first-order chi connectivity index (χ1) is 12.5. The lowest BCUT2D eigenvalue weighted by Gasteiger charge is -2.25. The number of aromatic hydroxyl groups is 1. The van der Waals surface area contributed by atoms with Crippen LogP contribution < -0.4 is 10.6 Å². The van der Waals surface area contributed by atoms with Crippen LogP contribution in [0.1, 0.15) is 12.8 Å². The van der Waals surface area contributed by atoms with E-state index in [4.69, 9.17) is 5.73 Å². The molecule has 0 unspecified atom stereocenters. The monoisotopic (exact) mass is 352 g/mol. The van der Waals surface area contributed by atoms with Crippen molar-refractivity contribution >= 4 is 22.6 Å². The summed E-state index contributed by atoms with van der Waals surface area (Å²) >= 11 is 0. The molecule has 1 aliphatic heterocycles. The number of carbonyl (C=O) groups is 1. The maximum absolute atomic E-state index is 13.8. The number of halogens is 1. The van der Waals surface area contributed by atoms with Gasteiger partial charge in [-0.3, -0.25) is 4.79 Å². The highest BCUT2D eigenvalue weighted by Crippen LogP contribution is 2.34. The zero-order valence-corrected chi connectivity index (χ0v) is 13.9. The molecule has 1 fully saturated rings. The lowest BCUT2D eigenvalue weighted by molar-refractivity contribution is -0.119. The summed E-state index contributed by atoms with van der Waals surface area (Å²) in [5.74, 6) is -0.0311. The molecule has 1 aliphatic rings. The van der Waals surface area contributed by atoms with Crippen LogP contribution in [-0.2, 0) is 4.79 Å². The number of fused-ring (bicyclic) bond motifs is 1. The number of phenols is 1. The number of aromatic nitrogens is 2. The second kappa shape index (κ2) is 6.25. The SMILES string of the molecule is NC(=O)[C@@H]1CCCN1c1nc(-c2ccccc2O)nc2ccc(F)cc12. The van der Waals surface area contributed by atoms with Crippen LogP contribution in [0.5, 0.6) is 5.75 Å². The number of hydrogen-bond donors (Lipinski definition) is 2. The number of hydrogen-bond acceptors (Lipinski definition) is 5. The Morgan fingerprint density at radius 2 is 2.04 bits per heavy atom. The molecule has 2 aromatic carbocycles. The maximum Gasteiger partial charge on any atom is 0.240 e. The van der Waals surface area contributed by atoms with Crippen molar-refractivity contribution in [3.8, 4) is 17.1 Å². The third-order valence-corrected chi connectivity index (χ3v) is 4.64. The van der Waals surface area contributed by atoms with Crippen LogP contribution >= 0.6 is 0 Å². The van der Waals surface area contributed by atoms with Gasteiger partial charge in [0.25, 0.3) is 0 Å². The number of anilines is 1.